The topological polar surface area (TPSA) is 59.9 Å². The van der Waals surface area contributed by atoms with Gasteiger partial charge in [-0.05, 0) is 30.7 Å². The third-order valence-corrected chi connectivity index (χ3v) is 3.72. The highest BCUT2D eigenvalue weighted by Crippen LogP contribution is 2.22. The molecule has 0 aromatic heterocycles. The molecule has 0 aliphatic heterocycles. The molecular weight excluding hydrogens is 372 g/mol. The van der Waals surface area contributed by atoms with E-state index in [1.165, 1.54) is 7.11 Å². The molecule has 2 aromatic rings. The lowest BCUT2D eigenvalue weighted by atomic mass is 10.1. The van der Waals surface area contributed by atoms with Gasteiger partial charge in [0.15, 0.2) is 6.10 Å². The highest BCUT2D eigenvalue weighted by atomic mass is 79.9. The lowest BCUT2D eigenvalue weighted by Gasteiger charge is -2.13. The Labute approximate surface area is 149 Å². The van der Waals surface area contributed by atoms with Crippen molar-refractivity contribution in [3.63, 3.8) is 0 Å². The van der Waals surface area contributed by atoms with Gasteiger partial charge < -0.3 is 9.47 Å². The smallest absolute Gasteiger partial charge is 0.273 e. The van der Waals surface area contributed by atoms with Crippen molar-refractivity contribution in [2.24, 2.45) is 5.10 Å². The van der Waals surface area contributed by atoms with Crippen molar-refractivity contribution >= 4 is 28.1 Å². The number of carbonyl (C=O) groups is 1. The van der Waals surface area contributed by atoms with Crippen LogP contribution in [0, 0.1) is 0 Å². The highest BCUT2D eigenvalue weighted by Gasteiger charge is 2.19. The van der Waals surface area contributed by atoms with Gasteiger partial charge in [0, 0.05) is 17.1 Å². The largest absolute Gasteiger partial charge is 0.493 e. The van der Waals surface area contributed by atoms with Gasteiger partial charge in [0.2, 0.25) is 0 Å². The van der Waals surface area contributed by atoms with Crippen LogP contribution in [0.4, 0.5) is 0 Å². The van der Waals surface area contributed by atoms with Crippen LogP contribution in [0.1, 0.15) is 24.2 Å². The molecule has 2 rings (SSSR count). The number of ether oxygens (including phenoxy) is 2. The summed E-state index contributed by atoms with van der Waals surface area (Å²) in [7, 11) is 1.49. The molecule has 0 aliphatic rings. The first-order chi connectivity index (χ1) is 11.7. The standard InChI is InChI=1S/C18H19BrN2O3/c1-3-24-16-10-9-15(19)11-14(16)12-20-21-18(22)17(23-2)13-7-5-4-6-8-13/h4-12,17H,3H2,1-2H3,(H,21,22). The molecule has 0 aliphatic carbocycles. The van der Waals surface area contributed by atoms with E-state index in [0.29, 0.717) is 12.4 Å². The van der Waals surface area contributed by atoms with Gasteiger partial charge in [0.25, 0.3) is 5.91 Å². The lowest BCUT2D eigenvalue weighted by Crippen LogP contribution is -2.26. The Hall–Kier alpha value is -2.18. The van der Waals surface area contributed by atoms with Gasteiger partial charge in [-0.3, -0.25) is 4.79 Å². The Balaban J connectivity index is 2.08. The minimum atomic E-state index is -0.711. The van der Waals surface area contributed by atoms with Crippen LogP contribution in [-0.2, 0) is 9.53 Å². The first kappa shape index (κ1) is 18.2. The number of rotatable bonds is 7. The minimum Gasteiger partial charge on any atom is -0.493 e. The van der Waals surface area contributed by atoms with Crippen LogP contribution in [0.15, 0.2) is 58.1 Å². The fourth-order valence-corrected chi connectivity index (χ4v) is 2.53. The van der Waals surface area contributed by atoms with E-state index in [-0.39, 0.29) is 5.91 Å². The summed E-state index contributed by atoms with van der Waals surface area (Å²) in [6.07, 6.45) is 0.836. The maximum atomic E-state index is 12.3. The Morgan fingerprint density at radius 3 is 2.71 bits per heavy atom. The van der Waals surface area contributed by atoms with Gasteiger partial charge in [-0.2, -0.15) is 5.10 Å². The third kappa shape index (κ3) is 4.91. The van der Waals surface area contributed by atoms with Gasteiger partial charge in [0.1, 0.15) is 5.75 Å². The van der Waals surface area contributed by atoms with Gasteiger partial charge >= 0.3 is 0 Å². The molecule has 0 saturated heterocycles. The van der Waals surface area contributed by atoms with E-state index < -0.39 is 6.10 Å². The summed E-state index contributed by atoms with van der Waals surface area (Å²) < 4.78 is 11.7. The number of benzene rings is 2. The summed E-state index contributed by atoms with van der Waals surface area (Å²) in [6, 6.07) is 14.9. The molecule has 0 heterocycles. The molecule has 0 spiro atoms. The summed E-state index contributed by atoms with van der Waals surface area (Å²) in [6.45, 7) is 2.46. The fourth-order valence-electron chi connectivity index (χ4n) is 2.15. The summed E-state index contributed by atoms with van der Waals surface area (Å²) in [5, 5.41) is 4.01. The second-order valence-corrected chi connectivity index (χ2v) is 5.79. The molecule has 0 bridgehead atoms. The number of hydrogen-bond donors (Lipinski definition) is 1. The SMILES string of the molecule is CCOc1ccc(Br)cc1C=NNC(=O)C(OC)c1ccccc1. The maximum Gasteiger partial charge on any atom is 0.273 e. The van der Waals surface area contributed by atoms with Crippen LogP contribution in [-0.4, -0.2) is 25.8 Å². The Bertz CT molecular complexity index is 705. The molecule has 0 radical (unpaired) electrons. The first-order valence-electron chi connectivity index (χ1n) is 7.48. The summed E-state index contributed by atoms with van der Waals surface area (Å²) in [4.78, 5) is 12.3. The monoisotopic (exact) mass is 390 g/mol. The zero-order chi connectivity index (χ0) is 17.4. The van der Waals surface area contributed by atoms with Crippen molar-refractivity contribution in [1.29, 1.82) is 0 Å². The van der Waals surface area contributed by atoms with E-state index in [9.17, 15) is 4.79 Å². The van der Waals surface area contributed by atoms with Crippen LogP contribution in [0.3, 0.4) is 0 Å². The molecule has 2 aromatic carbocycles. The van der Waals surface area contributed by atoms with E-state index in [1.807, 2.05) is 55.5 Å². The van der Waals surface area contributed by atoms with Crippen molar-refractivity contribution in [1.82, 2.24) is 5.43 Å². The molecule has 126 valence electrons. The number of nitrogens with one attached hydrogen (secondary N) is 1. The number of methoxy groups -OCH3 is 1. The minimum absolute atomic E-state index is 0.340. The van der Waals surface area contributed by atoms with E-state index >= 15 is 0 Å². The quantitative estimate of drug-likeness (QED) is 0.579. The van der Waals surface area contributed by atoms with Gasteiger partial charge in [-0.15, -0.1) is 0 Å². The van der Waals surface area contributed by atoms with Gasteiger partial charge in [-0.25, -0.2) is 5.43 Å². The Kier molecular flexibility index (Phi) is 6.96. The number of halogens is 1. The predicted octanol–water partition coefficient (Wildman–Crippen LogP) is 3.69. The molecule has 0 fully saturated rings. The first-order valence-corrected chi connectivity index (χ1v) is 8.28. The zero-order valence-electron chi connectivity index (χ0n) is 13.5. The normalized spacial score (nSPS) is 12.1. The average molecular weight is 391 g/mol. The summed E-state index contributed by atoms with van der Waals surface area (Å²) in [5.74, 6) is 0.359. The number of amides is 1. The molecule has 0 saturated carbocycles. The second kappa shape index (κ2) is 9.20. The molecule has 1 atom stereocenters. The number of hydrazone groups is 1. The highest BCUT2D eigenvalue weighted by molar-refractivity contribution is 9.10. The summed E-state index contributed by atoms with van der Waals surface area (Å²) >= 11 is 3.41. The van der Waals surface area contributed by atoms with Gasteiger partial charge in [0.05, 0.1) is 12.8 Å². The fraction of sp³-hybridized carbons (Fsp3) is 0.222. The third-order valence-electron chi connectivity index (χ3n) is 3.23. The number of carbonyl (C=O) groups excluding carboxylic acids is 1. The second-order valence-electron chi connectivity index (χ2n) is 4.88. The van der Waals surface area contributed by atoms with Crippen LogP contribution < -0.4 is 10.2 Å². The zero-order valence-corrected chi connectivity index (χ0v) is 15.1. The number of hydrogen-bond acceptors (Lipinski definition) is 4. The van der Waals surface area contributed by atoms with E-state index in [2.05, 4.69) is 26.5 Å². The van der Waals surface area contributed by atoms with Gasteiger partial charge in [-0.1, -0.05) is 46.3 Å². The maximum absolute atomic E-state index is 12.3. The van der Waals surface area contributed by atoms with Crippen molar-refractivity contribution < 1.29 is 14.3 Å². The molecular formula is C18H19BrN2O3. The van der Waals surface area contributed by atoms with Crippen LogP contribution in [0.2, 0.25) is 0 Å². The van der Waals surface area contributed by atoms with Crippen molar-refractivity contribution in [2.75, 3.05) is 13.7 Å². The van der Waals surface area contributed by atoms with Crippen molar-refractivity contribution in [3.8, 4) is 5.75 Å². The van der Waals surface area contributed by atoms with E-state index in [1.54, 1.807) is 6.21 Å². The molecule has 1 amide bonds. The molecule has 5 nitrogen and oxygen atoms in total. The van der Waals surface area contributed by atoms with Crippen molar-refractivity contribution in [2.45, 2.75) is 13.0 Å². The summed E-state index contributed by atoms with van der Waals surface area (Å²) in [5.41, 5.74) is 4.04. The number of nitrogens with zero attached hydrogens (tertiary/aromatic N) is 1. The van der Waals surface area contributed by atoms with Crippen LogP contribution in [0.25, 0.3) is 0 Å². The Morgan fingerprint density at radius 1 is 1.29 bits per heavy atom. The molecule has 1 N–H and O–H groups in total. The molecule has 1 unspecified atom stereocenters. The van der Waals surface area contributed by atoms with E-state index in [4.69, 9.17) is 9.47 Å². The van der Waals surface area contributed by atoms with Crippen LogP contribution >= 0.6 is 15.9 Å². The molecule has 6 heteroatoms. The molecule has 24 heavy (non-hydrogen) atoms. The van der Waals surface area contributed by atoms with E-state index in [0.717, 1.165) is 15.6 Å². The van der Waals surface area contributed by atoms with Crippen molar-refractivity contribution in [3.05, 3.63) is 64.1 Å². The van der Waals surface area contributed by atoms with Crippen LogP contribution in [0.5, 0.6) is 5.75 Å². The predicted molar refractivity (Wildman–Crippen MR) is 97.2 cm³/mol. The average Bonchev–Trinajstić information content (AvgIpc) is 2.59. The lowest BCUT2D eigenvalue weighted by molar-refractivity contribution is -0.131. The Morgan fingerprint density at radius 2 is 2.04 bits per heavy atom.